The number of halogens is 1. The summed E-state index contributed by atoms with van der Waals surface area (Å²) in [5.41, 5.74) is 3.18. The minimum Gasteiger partial charge on any atom is -0.459 e. The van der Waals surface area contributed by atoms with Crippen LogP contribution < -0.4 is 4.74 Å². The summed E-state index contributed by atoms with van der Waals surface area (Å²) in [6.45, 7) is 0.00265. The van der Waals surface area contributed by atoms with Crippen molar-refractivity contribution in [2.24, 2.45) is 0 Å². The summed E-state index contributed by atoms with van der Waals surface area (Å²) < 4.78 is 13.0. The number of rotatable bonds is 4. The molecule has 1 aromatic carbocycles. The fourth-order valence-corrected chi connectivity index (χ4v) is 3.73. The smallest absolute Gasteiger partial charge is 0.296 e. The van der Waals surface area contributed by atoms with Gasteiger partial charge in [-0.1, -0.05) is 17.5 Å². The third-order valence-electron chi connectivity index (χ3n) is 5.25. The average Bonchev–Trinajstić information content (AvgIpc) is 3.48. The lowest BCUT2D eigenvalue weighted by molar-refractivity contribution is -0.131. The van der Waals surface area contributed by atoms with Gasteiger partial charge in [-0.2, -0.15) is 10.1 Å². The van der Waals surface area contributed by atoms with Gasteiger partial charge in [0, 0.05) is 24.4 Å². The fourth-order valence-electron chi connectivity index (χ4n) is 3.54. The zero-order chi connectivity index (χ0) is 22.8. The second-order valence-corrected chi connectivity index (χ2v) is 7.98. The van der Waals surface area contributed by atoms with Crippen molar-refractivity contribution in [3.05, 3.63) is 65.1 Å². The van der Waals surface area contributed by atoms with Crippen LogP contribution in [-0.2, 0) is 4.74 Å². The first-order chi connectivity index (χ1) is 16.1. The second-order valence-electron chi connectivity index (χ2n) is 7.58. The number of nitrogens with one attached hydrogen (secondary N) is 1. The van der Waals surface area contributed by atoms with Gasteiger partial charge in [-0.25, -0.2) is 9.67 Å². The second kappa shape index (κ2) is 9.21. The number of pyridine rings is 1. The van der Waals surface area contributed by atoms with E-state index < -0.39 is 18.3 Å². The number of H-pyrrole nitrogens is 1. The molecule has 4 heterocycles. The number of aromatic amines is 1. The molecule has 9 nitrogen and oxygen atoms in total. The number of hydrogen-bond donors (Lipinski definition) is 3. The molecule has 1 saturated heterocycles. The Morgan fingerprint density at radius 2 is 2.09 bits per heavy atom. The summed E-state index contributed by atoms with van der Waals surface area (Å²) in [4.78, 5) is 11.8. The molecule has 0 radical (unpaired) electrons. The Kier molecular flexibility index (Phi) is 5.98. The third kappa shape index (κ3) is 4.69. The predicted molar refractivity (Wildman–Crippen MR) is 120 cm³/mol. The highest BCUT2D eigenvalue weighted by molar-refractivity contribution is 6.32. The highest BCUT2D eigenvalue weighted by atomic mass is 35.5. The van der Waals surface area contributed by atoms with E-state index in [0.717, 1.165) is 11.3 Å². The van der Waals surface area contributed by atoms with E-state index in [1.807, 2.05) is 36.5 Å². The standard InChI is InChI=1S/C23H20ClN5O4/c24-17-11-19-22(28-23(27-19)33-16-10-20(31)21(12-30)32-13-16)26-18(17)7-4-14-2-5-15(6-3-14)29-9-1-8-25-29/h1-3,5-6,8-9,11,16,20-21,30-31H,10,12-13H2,(H,26,27,28)/t16?,20-,21+/m0/s1. The maximum atomic E-state index is 10.0. The van der Waals surface area contributed by atoms with Crippen LogP contribution in [0, 0.1) is 11.8 Å². The molecule has 0 spiro atoms. The first kappa shape index (κ1) is 21.4. The van der Waals surface area contributed by atoms with E-state index in [1.54, 1.807) is 16.9 Å². The van der Waals surface area contributed by atoms with Gasteiger partial charge in [0.25, 0.3) is 6.01 Å². The molecule has 1 aliphatic rings. The van der Waals surface area contributed by atoms with Crippen molar-refractivity contribution in [2.75, 3.05) is 13.2 Å². The Balaban J connectivity index is 1.32. The molecule has 0 aliphatic carbocycles. The molecule has 5 rings (SSSR count). The fraction of sp³-hybridized carbons (Fsp3) is 0.261. The van der Waals surface area contributed by atoms with Crippen molar-refractivity contribution >= 4 is 22.8 Å². The summed E-state index contributed by atoms with van der Waals surface area (Å²) >= 11 is 6.37. The molecule has 1 fully saturated rings. The zero-order valence-corrected chi connectivity index (χ0v) is 18.1. The van der Waals surface area contributed by atoms with Crippen LogP contribution >= 0.6 is 11.6 Å². The molecule has 10 heteroatoms. The number of hydrogen-bond acceptors (Lipinski definition) is 7. The van der Waals surface area contributed by atoms with E-state index >= 15 is 0 Å². The van der Waals surface area contributed by atoms with Crippen LogP contribution in [0.4, 0.5) is 0 Å². The SMILES string of the molecule is OC[C@H]1OCC(Oc2nc3nc(C#Cc4ccc(-n5cccn5)cc4)c(Cl)cc3[nH]2)C[C@@H]1O. The first-order valence-electron chi connectivity index (χ1n) is 10.3. The van der Waals surface area contributed by atoms with E-state index in [1.165, 1.54) is 0 Å². The number of aliphatic hydroxyl groups excluding tert-OH is 2. The van der Waals surface area contributed by atoms with E-state index in [4.69, 9.17) is 21.1 Å². The maximum Gasteiger partial charge on any atom is 0.296 e. The summed E-state index contributed by atoms with van der Waals surface area (Å²) in [5, 5.41) is 23.8. The zero-order valence-electron chi connectivity index (χ0n) is 17.3. The molecule has 1 aliphatic heterocycles. The van der Waals surface area contributed by atoms with Crippen molar-refractivity contribution in [1.82, 2.24) is 24.7 Å². The van der Waals surface area contributed by atoms with Gasteiger partial charge in [0.15, 0.2) is 5.65 Å². The van der Waals surface area contributed by atoms with Crippen molar-refractivity contribution < 1.29 is 19.7 Å². The molecule has 168 valence electrons. The predicted octanol–water partition coefficient (Wildman–Crippen LogP) is 2.09. The van der Waals surface area contributed by atoms with E-state index in [-0.39, 0.29) is 19.2 Å². The molecule has 33 heavy (non-hydrogen) atoms. The van der Waals surface area contributed by atoms with Crippen LogP contribution in [0.15, 0.2) is 48.8 Å². The minimum absolute atomic E-state index is 0.237. The van der Waals surface area contributed by atoms with Crippen LogP contribution in [-0.4, -0.2) is 66.5 Å². The van der Waals surface area contributed by atoms with Gasteiger partial charge in [-0.15, -0.1) is 0 Å². The molecule has 0 saturated carbocycles. The monoisotopic (exact) mass is 465 g/mol. The molecular formula is C23H20ClN5O4. The average molecular weight is 466 g/mol. The first-order valence-corrected chi connectivity index (χ1v) is 10.7. The Labute approximate surface area is 194 Å². The molecule has 3 N–H and O–H groups in total. The number of nitrogens with zero attached hydrogens (tertiary/aromatic N) is 4. The number of ether oxygens (including phenoxy) is 2. The summed E-state index contributed by atoms with van der Waals surface area (Å²) in [6, 6.07) is 11.5. The summed E-state index contributed by atoms with van der Waals surface area (Å²) in [6.07, 6.45) is 2.12. The molecule has 3 aromatic heterocycles. The van der Waals surface area contributed by atoms with Crippen molar-refractivity contribution in [1.29, 1.82) is 0 Å². The van der Waals surface area contributed by atoms with Gasteiger partial charge in [0.1, 0.15) is 17.9 Å². The van der Waals surface area contributed by atoms with Gasteiger partial charge in [-0.3, -0.25) is 0 Å². The molecule has 0 amide bonds. The van der Waals surface area contributed by atoms with Crippen molar-refractivity contribution in [2.45, 2.75) is 24.7 Å². The Hall–Kier alpha value is -3.42. The molecular weight excluding hydrogens is 446 g/mol. The van der Waals surface area contributed by atoms with Gasteiger partial charge < -0.3 is 24.7 Å². The van der Waals surface area contributed by atoms with Gasteiger partial charge >= 0.3 is 0 Å². The van der Waals surface area contributed by atoms with Crippen LogP contribution in [0.5, 0.6) is 6.01 Å². The van der Waals surface area contributed by atoms with Crippen LogP contribution in [0.1, 0.15) is 17.7 Å². The molecule has 1 unspecified atom stereocenters. The van der Waals surface area contributed by atoms with Crippen LogP contribution in [0.25, 0.3) is 16.9 Å². The largest absolute Gasteiger partial charge is 0.459 e. The lowest BCUT2D eigenvalue weighted by Crippen LogP contribution is -2.45. The molecule has 4 aromatic rings. The summed E-state index contributed by atoms with van der Waals surface area (Å²) in [7, 11) is 0. The van der Waals surface area contributed by atoms with Gasteiger partial charge in [-0.05, 0) is 42.3 Å². The highest BCUT2D eigenvalue weighted by Crippen LogP contribution is 2.24. The van der Waals surface area contributed by atoms with E-state index in [0.29, 0.717) is 28.3 Å². The Morgan fingerprint density at radius 3 is 2.82 bits per heavy atom. The lowest BCUT2D eigenvalue weighted by atomic mass is 10.0. The number of imidazole rings is 1. The Morgan fingerprint density at radius 1 is 1.24 bits per heavy atom. The minimum atomic E-state index is -0.804. The Bertz CT molecular complexity index is 1310. The quantitative estimate of drug-likeness (QED) is 0.395. The lowest BCUT2D eigenvalue weighted by Gasteiger charge is -2.31. The number of aromatic nitrogens is 5. The summed E-state index contributed by atoms with van der Waals surface area (Å²) in [5.74, 6) is 6.06. The molecule has 3 atom stereocenters. The van der Waals surface area contributed by atoms with E-state index in [2.05, 4.69) is 31.9 Å². The highest BCUT2D eigenvalue weighted by Gasteiger charge is 2.31. The van der Waals surface area contributed by atoms with Crippen LogP contribution in [0.2, 0.25) is 5.02 Å². The van der Waals surface area contributed by atoms with Crippen molar-refractivity contribution in [3.63, 3.8) is 0 Å². The topological polar surface area (TPSA) is 118 Å². The molecule has 0 bridgehead atoms. The van der Waals surface area contributed by atoms with Crippen molar-refractivity contribution in [3.8, 4) is 23.5 Å². The van der Waals surface area contributed by atoms with Gasteiger partial charge in [0.2, 0.25) is 0 Å². The number of benzene rings is 1. The number of fused-ring (bicyclic) bond motifs is 1. The normalized spacial score (nSPS) is 20.4. The third-order valence-corrected chi connectivity index (χ3v) is 5.54. The van der Waals surface area contributed by atoms with Gasteiger partial charge in [0.05, 0.1) is 35.5 Å². The van der Waals surface area contributed by atoms with Crippen LogP contribution in [0.3, 0.4) is 0 Å². The maximum absolute atomic E-state index is 10.0. The number of aliphatic hydroxyl groups is 2. The van der Waals surface area contributed by atoms with E-state index in [9.17, 15) is 10.2 Å².